The van der Waals surface area contributed by atoms with Crippen molar-refractivity contribution in [3.8, 4) is 0 Å². The lowest BCUT2D eigenvalue weighted by Gasteiger charge is -2.32. The summed E-state index contributed by atoms with van der Waals surface area (Å²) >= 11 is 1.97. The van der Waals surface area contributed by atoms with Gasteiger partial charge in [0.1, 0.15) is 0 Å². The second-order valence-corrected chi connectivity index (χ2v) is 8.06. The van der Waals surface area contributed by atoms with Gasteiger partial charge in [0.2, 0.25) is 5.91 Å². The van der Waals surface area contributed by atoms with E-state index in [0.29, 0.717) is 17.9 Å². The number of carbonyl (C=O) groups is 1. The molecule has 1 aliphatic heterocycles. The van der Waals surface area contributed by atoms with Crippen LogP contribution in [-0.4, -0.2) is 40.1 Å². The smallest absolute Gasteiger partial charge is 0.244 e. The van der Waals surface area contributed by atoms with Crippen LogP contribution in [0.2, 0.25) is 0 Å². The number of thioether (sulfide) groups is 1. The molecule has 1 saturated heterocycles. The lowest BCUT2D eigenvalue weighted by molar-refractivity contribution is -0.135. The highest BCUT2D eigenvalue weighted by Gasteiger charge is 2.53. The molecule has 0 aromatic rings. The topological polar surface area (TPSA) is 32.3 Å². The van der Waals surface area contributed by atoms with E-state index in [0.717, 1.165) is 30.8 Å². The summed E-state index contributed by atoms with van der Waals surface area (Å²) in [6, 6.07) is 0.349. The Hall–Kier alpha value is -0.220. The SMILES string of the molecule is CCSCCC(C)N1C(=O)C2(CCCC2)NC1C(C)C. The van der Waals surface area contributed by atoms with Crippen molar-refractivity contribution in [1.82, 2.24) is 10.2 Å². The first-order chi connectivity index (χ1) is 9.52. The van der Waals surface area contributed by atoms with Crippen LogP contribution >= 0.6 is 11.8 Å². The monoisotopic (exact) mass is 298 g/mol. The highest BCUT2D eigenvalue weighted by atomic mass is 32.2. The number of rotatable bonds is 6. The summed E-state index contributed by atoms with van der Waals surface area (Å²) in [4.78, 5) is 15.1. The third kappa shape index (κ3) is 3.01. The van der Waals surface area contributed by atoms with E-state index < -0.39 is 0 Å². The van der Waals surface area contributed by atoms with Crippen LogP contribution in [0.1, 0.15) is 59.8 Å². The molecule has 2 atom stereocenters. The minimum Gasteiger partial charge on any atom is -0.323 e. The average Bonchev–Trinajstić information content (AvgIpc) is 2.98. The van der Waals surface area contributed by atoms with Crippen LogP contribution in [0, 0.1) is 5.92 Å². The maximum absolute atomic E-state index is 13.0. The zero-order valence-electron chi connectivity index (χ0n) is 13.4. The van der Waals surface area contributed by atoms with Gasteiger partial charge in [0, 0.05) is 6.04 Å². The van der Waals surface area contributed by atoms with E-state index in [1.54, 1.807) is 0 Å². The Morgan fingerprint density at radius 2 is 2.00 bits per heavy atom. The Morgan fingerprint density at radius 1 is 1.35 bits per heavy atom. The van der Waals surface area contributed by atoms with Gasteiger partial charge in [-0.1, -0.05) is 33.6 Å². The fourth-order valence-electron chi connectivity index (χ4n) is 3.62. The van der Waals surface area contributed by atoms with E-state index in [1.165, 1.54) is 12.8 Å². The van der Waals surface area contributed by atoms with Crippen molar-refractivity contribution in [1.29, 1.82) is 0 Å². The maximum atomic E-state index is 13.0. The van der Waals surface area contributed by atoms with Gasteiger partial charge in [-0.25, -0.2) is 0 Å². The average molecular weight is 298 g/mol. The Morgan fingerprint density at radius 3 is 2.55 bits per heavy atom. The zero-order valence-corrected chi connectivity index (χ0v) is 14.3. The van der Waals surface area contributed by atoms with Gasteiger partial charge in [0.05, 0.1) is 11.7 Å². The molecule has 2 aliphatic rings. The number of hydrogen-bond acceptors (Lipinski definition) is 3. The number of nitrogens with one attached hydrogen (secondary N) is 1. The molecule has 1 heterocycles. The summed E-state index contributed by atoms with van der Waals surface area (Å²) in [5, 5.41) is 3.71. The van der Waals surface area contributed by atoms with Crippen LogP contribution in [0.4, 0.5) is 0 Å². The number of hydrogen-bond donors (Lipinski definition) is 1. The summed E-state index contributed by atoms with van der Waals surface area (Å²) in [6.07, 6.45) is 5.77. The molecule has 4 heteroatoms. The molecule has 116 valence electrons. The zero-order chi connectivity index (χ0) is 14.8. The first-order valence-electron chi connectivity index (χ1n) is 8.20. The Kier molecular flexibility index (Phi) is 5.41. The van der Waals surface area contributed by atoms with Gasteiger partial charge in [0.25, 0.3) is 0 Å². The van der Waals surface area contributed by atoms with Crippen LogP contribution in [0.3, 0.4) is 0 Å². The van der Waals surface area contributed by atoms with E-state index >= 15 is 0 Å². The molecule has 1 N–H and O–H groups in total. The van der Waals surface area contributed by atoms with E-state index in [1.807, 2.05) is 11.8 Å². The van der Waals surface area contributed by atoms with Crippen LogP contribution in [0.25, 0.3) is 0 Å². The van der Waals surface area contributed by atoms with Crippen molar-refractivity contribution in [2.24, 2.45) is 5.92 Å². The van der Waals surface area contributed by atoms with Gasteiger partial charge >= 0.3 is 0 Å². The minimum atomic E-state index is -0.221. The molecule has 2 fully saturated rings. The number of amides is 1. The van der Waals surface area contributed by atoms with Crippen molar-refractivity contribution in [2.45, 2.75) is 77.5 Å². The molecular weight excluding hydrogens is 268 g/mol. The molecule has 1 spiro atoms. The summed E-state index contributed by atoms with van der Waals surface area (Å²) in [5.41, 5.74) is -0.221. The Labute approximate surface area is 128 Å². The molecule has 2 rings (SSSR count). The van der Waals surface area contributed by atoms with Gasteiger partial charge in [-0.3, -0.25) is 10.1 Å². The minimum absolute atomic E-state index is 0.221. The molecule has 3 nitrogen and oxygen atoms in total. The second kappa shape index (κ2) is 6.69. The summed E-state index contributed by atoms with van der Waals surface area (Å²) < 4.78 is 0. The third-order valence-electron chi connectivity index (χ3n) is 4.82. The number of nitrogens with zero attached hydrogens (tertiary/aromatic N) is 1. The van der Waals surface area contributed by atoms with Gasteiger partial charge in [-0.15, -0.1) is 0 Å². The summed E-state index contributed by atoms with van der Waals surface area (Å²) in [5.74, 6) is 3.17. The van der Waals surface area contributed by atoms with Crippen LogP contribution in [0.5, 0.6) is 0 Å². The van der Waals surface area contributed by atoms with E-state index in [9.17, 15) is 4.79 Å². The molecule has 1 amide bonds. The van der Waals surface area contributed by atoms with Gasteiger partial charge in [-0.2, -0.15) is 11.8 Å². The number of carbonyl (C=O) groups excluding carboxylic acids is 1. The molecular formula is C16H30N2OS. The maximum Gasteiger partial charge on any atom is 0.244 e. The Bertz CT molecular complexity index is 339. The lowest BCUT2D eigenvalue weighted by atomic mass is 9.97. The van der Waals surface area contributed by atoms with Gasteiger partial charge < -0.3 is 4.90 Å². The molecule has 20 heavy (non-hydrogen) atoms. The summed E-state index contributed by atoms with van der Waals surface area (Å²) in [6.45, 7) is 8.86. The predicted molar refractivity (Wildman–Crippen MR) is 86.9 cm³/mol. The first kappa shape index (κ1) is 16.2. The highest BCUT2D eigenvalue weighted by molar-refractivity contribution is 7.99. The fraction of sp³-hybridized carbons (Fsp3) is 0.938. The molecule has 0 aromatic heterocycles. The second-order valence-electron chi connectivity index (χ2n) is 6.67. The molecule has 2 unspecified atom stereocenters. The standard InChI is InChI=1S/C16H30N2OS/c1-5-20-11-8-13(4)18-14(12(2)3)17-16(15(18)19)9-6-7-10-16/h12-14,17H,5-11H2,1-4H3. The van der Waals surface area contributed by atoms with Crippen LogP contribution in [0.15, 0.2) is 0 Å². The molecule has 0 radical (unpaired) electrons. The van der Waals surface area contributed by atoms with Crippen molar-refractivity contribution in [3.63, 3.8) is 0 Å². The van der Waals surface area contributed by atoms with Crippen LogP contribution < -0.4 is 5.32 Å². The quantitative estimate of drug-likeness (QED) is 0.764. The predicted octanol–water partition coefficient (Wildman–Crippen LogP) is 3.24. The van der Waals surface area contributed by atoms with E-state index in [-0.39, 0.29) is 11.7 Å². The molecule has 1 aliphatic carbocycles. The molecule has 0 aromatic carbocycles. The largest absolute Gasteiger partial charge is 0.323 e. The third-order valence-corrected chi connectivity index (χ3v) is 5.75. The first-order valence-corrected chi connectivity index (χ1v) is 9.35. The van der Waals surface area contributed by atoms with Crippen molar-refractivity contribution >= 4 is 17.7 Å². The van der Waals surface area contributed by atoms with Crippen LogP contribution in [-0.2, 0) is 4.79 Å². The highest BCUT2D eigenvalue weighted by Crippen LogP contribution is 2.39. The summed E-state index contributed by atoms with van der Waals surface area (Å²) in [7, 11) is 0. The van der Waals surface area contributed by atoms with Crippen molar-refractivity contribution in [2.75, 3.05) is 11.5 Å². The fourth-order valence-corrected chi connectivity index (χ4v) is 4.42. The lowest BCUT2D eigenvalue weighted by Crippen LogP contribution is -2.46. The van der Waals surface area contributed by atoms with Gasteiger partial charge in [-0.05, 0) is 43.6 Å². The van der Waals surface area contributed by atoms with Gasteiger partial charge in [0.15, 0.2) is 0 Å². The normalized spacial score (nSPS) is 26.9. The van der Waals surface area contributed by atoms with E-state index in [4.69, 9.17) is 0 Å². The Balaban J connectivity index is 2.09. The van der Waals surface area contributed by atoms with Crippen molar-refractivity contribution < 1.29 is 4.79 Å². The molecule has 0 bridgehead atoms. The van der Waals surface area contributed by atoms with E-state index in [2.05, 4.69) is 37.9 Å². The van der Waals surface area contributed by atoms with Crippen molar-refractivity contribution in [3.05, 3.63) is 0 Å². The molecule has 1 saturated carbocycles.